The molecular weight excluding hydrogens is 204 g/mol. The lowest BCUT2D eigenvalue weighted by Crippen LogP contribution is -2.23. The highest BCUT2D eigenvalue weighted by Crippen LogP contribution is 2.11. The van der Waals surface area contributed by atoms with Crippen molar-refractivity contribution < 1.29 is 14.3 Å². The fourth-order valence-electron chi connectivity index (χ4n) is 1.31. The van der Waals surface area contributed by atoms with E-state index in [1.165, 1.54) is 0 Å². The van der Waals surface area contributed by atoms with Crippen molar-refractivity contribution in [2.24, 2.45) is 11.8 Å². The van der Waals surface area contributed by atoms with Gasteiger partial charge in [0.25, 0.3) is 0 Å². The molecular formula is C13H16O3. The van der Waals surface area contributed by atoms with Gasteiger partial charge >= 0.3 is 5.97 Å². The molecule has 1 atom stereocenters. The van der Waals surface area contributed by atoms with E-state index in [0.717, 1.165) is 5.56 Å². The Balaban J connectivity index is 2.49. The minimum Gasteiger partial charge on any atom is -0.460 e. The van der Waals surface area contributed by atoms with Gasteiger partial charge < -0.3 is 9.53 Å². The second-order valence-electron chi connectivity index (χ2n) is 4.00. The van der Waals surface area contributed by atoms with E-state index < -0.39 is 11.9 Å². The Bertz CT molecular complexity index is 343. The normalized spacial score (nSPS) is 12.2. The summed E-state index contributed by atoms with van der Waals surface area (Å²) in [6.07, 6.45) is 0.651. The van der Waals surface area contributed by atoms with E-state index in [2.05, 4.69) is 0 Å². The van der Waals surface area contributed by atoms with Crippen LogP contribution >= 0.6 is 0 Å². The van der Waals surface area contributed by atoms with Crippen molar-refractivity contribution in [3.8, 4) is 0 Å². The molecule has 0 aliphatic heterocycles. The molecule has 3 nitrogen and oxygen atoms in total. The summed E-state index contributed by atoms with van der Waals surface area (Å²) in [5.74, 6) is -1.14. The van der Waals surface area contributed by atoms with Crippen LogP contribution in [0.15, 0.2) is 30.3 Å². The first kappa shape index (κ1) is 12.4. The van der Waals surface area contributed by atoms with Crippen molar-refractivity contribution in [1.82, 2.24) is 0 Å². The summed E-state index contributed by atoms with van der Waals surface area (Å²) in [5, 5.41) is 0. The first-order valence-corrected chi connectivity index (χ1v) is 5.31. The van der Waals surface area contributed by atoms with Gasteiger partial charge in [0, 0.05) is 0 Å². The molecule has 0 saturated carbocycles. The SMILES string of the molecule is CC(C)C(C=O)C(=O)OCc1ccccc1. The quantitative estimate of drug-likeness (QED) is 0.434. The van der Waals surface area contributed by atoms with Gasteiger partial charge in [-0.25, -0.2) is 0 Å². The fraction of sp³-hybridized carbons (Fsp3) is 0.385. The Morgan fingerprint density at radius 2 is 1.94 bits per heavy atom. The molecule has 0 spiro atoms. The van der Waals surface area contributed by atoms with E-state index in [1.54, 1.807) is 0 Å². The molecule has 0 aliphatic rings. The lowest BCUT2D eigenvalue weighted by Gasteiger charge is -2.13. The Labute approximate surface area is 95.4 Å². The summed E-state index contributed by atoms with van der Waals surface area (Å²) in [6, 6.07) is 9.40. The summed E-state index contributed by atoms with van der Waals surface area (Å²) < 4.78 is 5.07. The Morgan fingerprint density at radius 1 is 1.31 bits per heavy atom. The number of esters is 1. The van der Waals surface area contributed by atoms with Crippen LogP contribution < -0.4 is 0 Å². The van der Waals surface area contributed by atoms with Crippen LogP contribution in [-0.4, -0.2) is 12.3 Å². The maximum atomic E-state index is 11.5. The summed E-state index contributed by atoms with van der Waals surface area (Å²) in [7, 11) is 0. The summed E-state index contributed by atoms with van der Waals surface area (Å²) in [6.45, 7) is 3.86. The molecule has 86 valence electrons. The molecule has 0 aliphatic carbocycles. The van der Waals surface area contributed by atoms with Crippen molar-refractivity contribution in [1.29, 1.82) is 0 Å². The van der Waals surface area contributed by atoms with Crippen molar-refractivity contribution >= 4 is 12.3 Å². The maximum Gasteiger partial charge on any atom is 0.316 e. The maximum absolute atomic E-state index is 11.5. The van der Waals surface area contributed by atoms with E-state index in [-0.39, 0.29) is 12.5 Å². The van der Waals surface area contributed by atoms with E-state index in [9.17, 15) is 9.59 Å². The summed E-state index contributed by atoms with van der Waals surface area (Å²) in [5.41, 5.74) is 0.921. The zero-order valence-corrected chi connectivity index (χ0v) is 9.55. The number of benzene rings is 1. The van der Waals surface area contributed by atoms with Gasteiger partial charge in [0.2, 0.25) is 0 Å². The van der Waals surface area contributed by atoms with Crippen molar-refractivity contribution in [2.75, 3.05) is 0 Å². The largest absolute Gasteiger partial charge is 0.460 e. The van der Waals surface area contributed by atoms with Gasteiger partial charge in [-0.05, 0) is 11.5 Å². The van der Waals surface area contributed by atoms with Crippen LogP contribution in [0.5, 0.6) is 0 Å². The molecule has 1 unspecified atom stereocenters. The molecule has 0 heterocycles. The van der Waals surface area contributed by atoms with Gasteiger partial charge in [0.15, 0.2) is 0 Å². The second kappa shape index (κ2) is 6.05. The zero-order valence-electron chi connectivity index (χ0n) is 9.55. The van der Waals surface area contributed by atoms with Gasteiger partial charge in [0.1, 0.15) is 18.8 Å². The van der Waals surface area contributed by atoms with Crippen LogP contribution in [0.4, 0.5) is 0 Å². The average molecular weight is 220 g/mol. The van der Waals surface area contributed by atoms with Crippen molar-refractivity contribution in [3.63, 3.8) is 0 Å². The van der Waals surface area contributed by atoms with E-state index in [4.69, 9.17) is 4.74 Å². The highest BCUT2D eigenvalue weighted by molar-refractivity contribution is 5.87. The monoisotopic (exact) mass is 220 g/mol. The molecule has 0 amide bonds. The summed E-state index contributed by atoms with van der Waals surface area (Å²) in [4.78, 5) is 22.2. The van der Waals surface area contributed by atoms with E-state index >= 15 is 0 Å². The van der Waals surface area contributed by atoms with Crippen LogP contribution in [0.25, 0.3) is 0 Å². The predicted molar refractivity (Wildman–Crippen MR) is 60.6 cm³/mol. The molecule has 0 bridgehead atoms. The molecule has 1 aromatic rings. The molecule has 1 rings (SSSR count). The van der Waals surface area contributed by atoms with E-state index in [1.807, 2.05) is 44.2 Å². The lowest BCUT2D eigenvalue weighted by molar-refractivity contribution is -0.152. The summed E-state index contributed by atoms with van der Waals surface area (Å²) >= 11 is 0. The third-order valence-electron chi connectivity index (χ3n) is 2.36. The number of hydrogen-bond donors (Lipinski definition) is 0. The van der Waals surface area contributed by atoms with Crippen LogP contribution in [0.1, 0.15) is 19.4 Å². The Kier molecular flexibility index (Phi) is 4.70. The molecule has 0 aromatic heterocycles. The lowest BCUT2D eigenvalue weighted by atomic mass is 9.98. The Morgan fingerprint density at radius 3 is 2.44 bits per heavy atom. The van der Waals surface area contributed by atoms with Crippen LogP contribution in [-0.2, 0) is 20.9 Å². The second-order valence-corrected chi connectivity index (χ2v) is 4.00. The first-order chi connectivity index (χ1) is 7.65. The van der Waals surface area contributed by atoms with Crippen molar-refractivity contribution in [3.05, 3.63) is 35.9 Å². The minimum absolute atomic E-state index is 0.0271. The number of hydrogen-bond acceptors (Lipinski definition) is 3. The molecule has 16 heavy (non-hydrogen) atoms. The molecule has 3 heteroatoms. The number of carbonyl (C=O) groups excluding carboxylic acids is 2. The molecule has 0 N–H and O–H groups in total. The van der Waals surface area contributed by atoms with Gasteiger partial charge in [-0.1, -0.05) is 44.2 Å². The average Bonchev–Trinajstić information content (AvgIpc) is 2.28. The number of aldehydes is 1. The third kappa shape index (κ3) is 3.50. The molecule has 0 saturated heterocycles. The van der Waals surface area contributed by atoms with Crippen LogP contribution in [0.3, 0.4) is 0 Å². The fourth-order valence-corrected chi connectivity index (χ4v) is 1.31. The topological polar surface area (TPSA) is 43.4 Å². The number of rotatable bonds is 5. The van der Waals surface area contributed by atoms with Crippen LogP contribution in [0, 0.1) is 11.8 Å². The van der Waals surface area contributed by atoms with E-state index in [0.29, 0.717) is 6.29 Å². The Hall–Kier alpha value is -1.64. The van der Waals surface area contributed by atoms with Gasteiger partial charge in [0.05, 0.1) is 0 Å². The van der Waals surface area contributed by atoms with Gasteiger partial charge in [-0.2, -0.15) is 0 Å². The number of ether oxygens (including phenoxy) is 1. The molecule has 1 aromatic carbocycles. The highest BCUT2D eigenvalue weighted by Gasteiger charge is 2.22. The smallest absolute Gasteiger partial charge is 0.316 e. The zero-order chi connectivity index (χ0) is 12.0. The number of carbonyl (C=O) groups is 2. The third-order valence-corrected chi connectivity index (χ3v) is 2.36. The van der Waals surface area contributed by atoms with Crippen molar-refractivity contribution in [2.45, 2.75) is 20.5 Å². The highest BCUT2D eigenvalue weighted by atomic mass is 16.5. The van der Waals surface area contributed by atoms with Crippen LogP contribution in [0.2, 0.25) is 0 Å². The standard InChI is InChI=1S/C13H16O3/c1-10(2)12(8-14)13(15)16-9-11-6-4-3-5-7-11/h3-8,10,12H,9H2,1-2H3. The molecule has 0 radical (unpaired) electrons. The first-order valence-electron chi connectivity index (χ1n) is 5.31. The predicted octanol–water partition coefficient (Wildman–Crippen LogP) is 2.20. The minimum atomic E-state index is -0.663. The van der Waals surface area contributed by atoms with Gasteiger partial charge in [-0.3, -0.25) is 4.79 Å². The molecule has 0 fully saturated rings. The van der Waals surface area contributed by atoms with Gasteiger partial charge in [-0.15, -0.1) is 0 Å².